The molecule has 2 aromatic heterocycles. The van der Waals surface area contributed by atoms with Gasteiger partial charge < -0.3 is 9.80 Å². The van der Waals surface area contributed by atoms with E-state index in [0.29, 0.717) is 11.8 Å². The average Bonchev–Trinajstić information content (AvgIpc) is 3.13. The molecule has 0 bridgehead atoms. The molecule has 2 aromatic rings. The standard InChI is InChI=1S/C20H27N5/c1-14-7-17(5-6-21-14)24-9-15-11-25(12-16(15)10-24)19-8-18(20(2,3)4)22-13-23-19/h5-8,13,15-16H,9-12H2,1-4H3. The zero-order chi connectivity index (χ0) is 17.6. The van der Waals surface area contributed by atoms with E-state index in [1.165, 1.54) is 5.69 Å². The molecule has 0 spiro atoms. The van der Waals surface area contributed by atoms with Crippen LogP contribution in [0.2, 0.25) is 0 Å². The molecule has 0 saturated carbocycles. The van der Waals surface area contributed by atoms with E-state index in [-0.39, 0.29) is 5.41 Å². The quantitative estimate of drug-likeness (QED) is 0.843. The van der Waals surface area contributed by atoms with Crippen LogP contribution in [0.1, 0.15) is 32.2 Å². The van der Waals surface area contributed by atoms with Crippen molar-refractivity contribution in [3.8, 4) is 0 Å². The van der Waals surface area contributed by atoms with Crippen LogP contribution in [-0.4, -0.2) is 41.1 Å². The van der Waals surface area contributed by atoms with Gasteiger partial charge in [0.2, 0.25) is 0 Å². The van der Waals surface area contributed by atoms with Crippen LogP contribution in [0.4, 0.5) is 11.5 Å². The molecule has 0 aromatic carbocycles. The van der Waals surface area contributed by atoms with E-state index >= 15 is 0 Å². The zero-order valence-corrected chi connectivity index (χ0v) is 15.6. The molecule has 25 heavy (non-hydrogen) atoms. The molecular weight excluding hydrogens is 310 g/mol. The van der Waals surface area contributed by atoms with Gasteiger partial charge in [-0.25, -0.2) is 9.97 Å². The van der Waals surface area contributed by atoms with Crippen molar-refractivity contribution in [2.24, 2.45) is 11.8 Å². The van der Waals surface area contributed by atoms with Crippen molar-refractivity contribution >= 4 is 11.5 Å². The molecule has 0 amide bonds. The number of aryl methyl sites for hydroxylation is 1. The molecule has 0 radical (unpaired) electrons. The summed E-state index contributed by atoms with van der Waals surface area (Å²) < 4.78 is 0. The van der Waals surface area contributed by atoms with Gasteiger partial charge in [0, 0.05) is 67.1 Å². The monoisotopic (exact) mass is 337 g/mol. The summed E-state index contributed by atoms with van der Waals surface area (Å²) >= 11 is 0. The van der Waals surface area contributed by atoms with Crippen LogP contribution >= 0.6 is 0 Å². The predicted molar refractivity (Wildman–Crippen MR) is 101 cm³/mol. The number of aromatic nitrogens is 3. The van der Waals surface area contributed by atoms with Gasteiger partial charge in [0.1, 0.15) is 12.1 Å². The smallest absolute Gasteiger partial charge is 0.132 e. The highest BCUT2D eigenvalue weighted by Gasteiger charge is 2.40. The van der Waals surface area contributed by atoms with Gasteiger partial charge in [0.15, 0.2) is 0 Å². The summed E-state index contributed by atoms with van der Waals surface area (Å²) in [6.07, 6.45) is 3.63. The number of fused-ring (bicyclic) bond motifs is 1. The lowest BCUT2D eigenvalue weighted by atomic mass is 9.92. The summed E-state index contributed by atoms with van der Waals surface area (Å²) in [7, 11) is 0. The molecule has 2 unspecified atom stereocenters. The average molecular weight is 337 g/mol. The Morgan fingerprint density at radius 1 is 0.920 bits per heavy atom. The minimum absolute atomic E-state index is 0.0588. The number of rotatable bonds is 2. The molecule has 0 N–H and O–H groups in total. The minimum atomic E-state index is 0.0588. The fraction of sp³-hybridized carbons (Fsp3) is 0.550. The minimum Gasteiger partial charge on any atom is -0.371 e. The van der Waals surface area contributed by atoms with Gasteiger partial charge >= 0.3 is 0 Å². The Morgan fingerprint density at radius 3 is 2.24 bits per heavy atom. The van der Waals surface area contributed by atoms with Crippen LogP contribution in [-0.2, 0) is 5.41 Å². The number of anilines is 2. The maximum absolute atomic E-state index is 4.54. The number of nitrogens with zero attached hydrogens (tertiary/aromatic N) is 5. The zero-order valence-electron chi connectivity index (χ0n) is 15.6. The maximum Gasteiger partial charge on any atom is 0.132 e. The van der Waals surface area contributed by atoms with Crippen LogP contribution in [0.3, 0.4) is 0 Å². The van der Waals surface area contributed by atoms with E-state index in [1.54, 1.807) is 6.33 Å². The molecule has 5 nitrogen and oxygen atoms in total. The highest BCUT2D eigenvalue weighted by atomic mass is 15.3. The van der Waals surface area contributed by atoms with Crippen LogP contribution in [0, 0.1) is 18.8 Å². The van der Waals surface area contributed by atoms with E-state index in [1.807, 2.05) is 6.20 Å². The summed E-state index contributed by atoms with van der Waals surface area (Å²) in [5, 5.41) is 0. The Labute approximate surface area is 150 Å². The van der Waals surface area contributed by atoms with E-state index in [9.17, 15) is 0 Å². The van der Waals surface area contributed by atoms with E-state index in [4.69, 9.17) is 0 Å². The first-order valence-corrected chi connectivity index (χ1v) is 9.15. The van der Waals surface area contributed by atoms with E-state index in [2.05, 4.69) is 70.6 Å². The lowest BCUT2D eigenvalue weighted by Crippen LogP contribution is -2.29. The fourth-order valence-electron chi connectivity index (χ4n) is 4.05. The van der Waals surface area contributed by atoms with E-state index < -0.39 is 0 Å². The topological polar surface area (TPSA) is 45.2 Å². The Balaban J connectivity index is 1.46. The molecule has 4 rings (SSSR count). The third-order valence-electron chi connectivity index (χ3n) is 5.48. The largest absolute Gasteiger partial charge is 0.371 e. The summed E-state index contributed by atoms with van der Waals surface area (Å²) in [5.41, 5.74) is 3.57. The second kappa shape index (κ2) is 5.97. The van der Waals surface area contributed by atoms with Gasteiger partial charge in [0.25, 0.3) is 0 Å². The molecule has 2 saturated heterocycles. The highest BCUT2D eigenvalue weighted by Crippen LogP contribution is 2.36. The molecule has 0 aliphatic carbocycles. The molecular formula is C20H27N5. The lowest BCUT2D eigenvalue weighted by Gasteiger charge is -2.25. The van der Waals surface area contributed by atoms with Crippen molar-refractivity contribution in [1.29, 1.82) is 0 Å². The molecule has 2 fully saturated rings. The first-order valence-electron chi connectivity index (χ1n) is 9.15. The molecule has 2 atom stereocenters. The number of pyridine rings is 1. The third kappa shape index (κ3) is 3.20. The van der Waals surface area contributed by atoms with E-state index in [0.717, 1.165) is 43.4 Å². The molecule has 132 valence electrons. The third-order valence-corrected chi connectivity index (χ3v) is 5.48. The van der Waals surface area contributed by atoms with Crippen LogP contribution in [0.15, 0.2) is 30.7 Å². The van der Waals surface area contributed by atoms with Gasteiger partial charge in [-0.3, -0.25) is 4.98 Å². The normalized spacial score (nSPS) is 23.2. The summed E-state index contributed by atoms with van der Waals surface area (Å²) in [5.74, 6) is 2.50. The van der Waals surface area contributed by atoms with Gasteiger partial charge in [-0.2, -0.15) is 0 Å². The van der Waals surface area contributed by atoms with Gasteiger partial charge in [0.05, 0.1) is 5.69 Å². The summed E-state index contributed by atoms with van der Waals surface area (Å²) in [4.78, 5) is 18.3. The number of hydrogen-bond donors (Lipinski definition) is 0. The maximum atomic E-state index is 4.54. The van der Waals surface area contributed by atoms with Crippen molar-refractivity contribution in [2.75, 3.05) is 36.0 Å². The Kier molecular flexibility index (Phi) is 3.89. The molecule has 2 aliphatic rings. The van der Waals surface area contributed by atoms with Crippen LogP contribution < -0.4 is 9.80 Å². The predicted octanol–water partition coefficient (Wildman–Crippen LogP) is 3.05. The SMILES string of the molecule is Cc1cc(N2CC3CN(c4cc(C(C)(C)C)ncn4)CC3C2)ccn1. The Morgan fingerprint density at radius 2 is 1.60 bits per heavy atom. The highest BCUT2D eigenvalue weighted by molar-refractivity contribution is 5.49. The molecule has 5 heteroatoms. The van der Waals surface area contributed by atoms with Crippen molar-refractivity contribution in [3.05, 3.63) is 42.1 Å². The Hall–Kier alpha value is -2.17. The Bertz CT molecular complexity index is 753. The van der Waals surface area contributed by atoms with Gasteiger partial charge in [-0.05, 0) is 19.1 Å². The molecule has 4 heterocycles. The van der Waals surface area contributed by atoms with Gasteiger partial charge in [-0.15, -0.1) is 0 Å². The van der Waals surface area contributed by atoms with Gasteiger partial charge in [-0.1, -0.05) is 20.8 Å². The summed E-state index contributed by atoms with van der Waals surface area (Å²) in [6, 6.07) is 6.50. The van der Waals surface area contributed by atoms with Crippen LogP contribution in [0.25, 0.3) is 0 Å². The van der Waals surface area contributed by atoms with Crippen molar-refractivity contribution < 1.29 is 0 Å². The summed E-state index contributed by atoms with van der Waals surface area (Å²) in [6.45, 7) is 13.1. The van der Waals surface area contributed by atoms with Crippen LogP contribution in [0.5, 0.6) is 0 Å². The second-order valence-electron chi connectivity index (χ2n) is 8.50. The second-order valence-corrected chi connectivity index (χ2v) is 8.50. The van der Waals surface area contributed by atoms with Crippen molar-refractivity contribution in [1.82, 2.24) is 15.0 Å². The van der Waals surface area contributed by atoms with Crippen molar-refractivity contribution in [3.63, 3.8) is 0 Å². The first-order chi connectivity index (χ1) is 11.9. The fourth-order valence-corrected chi connectivity index (χ4v) is 4.05. The van der Waals surface area contributed by atoms with Crippen molar-refractivity contribution in [2.45, 2.75) is 33.1 Å². The first kappa shape index (κ1) is 16.3. The molecule has 2 aliphatic heterocycles. The number of hydrogen-bond acceptors (Lipinski definition) is 5. The lowest BCUT2D eigenvalue weighted by molar-refractivity contribution is 0.533.